The summed E-state index contributed by atoms with van der Waals surface area (Å²) in [5.41, 5.74) is 0. The van der Waals surface area contributed by atoms with E-state index in [1.54, 1.807) is 0 Å². The Balaban J connectivity index is 1.64. The van der Waals surface area contributed by atoms with Gasteiger partial charge in [-0.1, -0.05) is 6.92 Å². The van der Waals surface area contributed by atoms with Crippen LogP contribution in [0.15, 0.2) is 0 Å². The molecule has 5 nitrogen and oxygen atoms in total. The quantitative estimate of drug-likeness (QED) is 0.794. The van der Waals surface area contributed by atoms with Gasteiger partial charge in [0.2, 0.25) is 11.8 Å². The molecule has 0 aromatic heterocycles. The Hall–Kier alpha value is -0.750. The van der Waals surface area contributed by atoms with Crippen LogP contribution in [-0.4, -0.2) is 59.9 Å². The lowest BCUT2D eigenvalue weighted by atomic mass is 10.0. The van der Waals surface area contributed by atoms with E-state index in [4.69, 9.17) is 0 Å². The molecule has 0 atom stereocenters. The molecule has 0 aliphatic carbocycles. The van der Waals surface area contributed by atoms with Crippen molar-refractivity contribution in [3.05, 3.63) is 0 Å². The van der Waals surface area contributed by atoms with Crippen LogP contribution >= 0.6 is 11.8 Å². The van der Waals surface area contributed by atoms with Gasteiger partial charge in [0.1, 0.15) is 0 Å². The average molecular weight is 313 g/mol. The summed E-state index contributed by atoms with van der Waals surface area (Å²) >= 11 is 1.81. The van der Waals surface area contributed by atoms with Crippen LogP contribution in [0, 0.1) is 0 Å². The number of carbonyl (C=O) groups excluding carboxylic acids is 2. The van der Waals surface area contributed by atoms with Crippen LogP contribution in [0.5, 0.6) is 0 Å². The van der Waals surface area contributed by atoms with Crippen LogP contribution in [0.1, 0.15) is 39.0 Å². The molecule has 0 saturated carbocycles. The van der Waals surface area contributed by atoms with Gasteiger partial charge in [-0.2, -0.15) is 0 Å². The van der Waals surface area contributed by atoms with Crippen molar-refractivity contribution in [2.24, 2.45) is 0 Å². The van der Waals surface area contributed by atoms with Crippen molar-refractivity contribution >= 4 is 23.6 Å². The number of piperidine rings is 2. The fraction of sp³-hybridized carbons (Fsp3) is 0.867. The maximum atomic E-state index is 12.2. The molecule has 0 unspecified atom stereocenters. The summed E-state index contributed by atoms with van der Waals surface area (Å²) < 4.78 is 0. The smallest absolute Gasteiger partial charge is 0.232 e. The van der Waals surface area contributed by atoms with Crippen molar-refractivity contribution < 1.29 is 9.59 Å². The molecule has 6 heteroatoms. The van der Waals surface area contributed by atoms with Crippen molar-refractivity contribution in [2.75, 3.05) is 31.9 Å². The molecule has 0 bridgehead atoms. The Kier molecular flexibility index (Phi) is 6.83. The summed E-state index contributed by atoms with van der Waals surface area (Å²) in [5, 5.41) is 7.01. The van der Waals surface area contributed by atoms with Crippen molar-refractivity contribution in [2.45, 2.75) is 50.3 Å². The third kappa shape index (κ3) is 5.51. The average Bonchev–Trinajstić information content (AvgIpc) is 2.54. The first-order valence-corrected chi connectivity index (χ1v) is 9.13. The van der Waals surface area contributed by atoms with E-state index in [-0.39, 0.29) is 17.9 Å². The molecule has 2 aliphatic rings. The highest BCUT2D eigenvalue weighted by atomic mass is 32.2. The molecule has 0 spiro atoms. The molecule has 2 aliphatic heterocycles. The van der Waals surface area contributed by atoms with Crippen molar-refractivity contribution in [3.8, 4) is 0 Å². The van der Waals surface area contributed by atoms with Crippen LogP contribution in [0.2, 0.25) is 0 Å². The standard InChI is InChI=1S/C15H27N3O2S/c1-2-14(19)17-12-5-9-18(10-6-12)15(20)11-21-13-3-7-16-8-4-13/h12-13,16H,2-11H2,1H3,(H,17,19). The second-order valence-corrected chi connectivity index (χ2v) is 7.13. The number of nitrogens with zero attached hydrogens (tertiary/aromatic N) is 1. The molecular weight excluding hydrogens is 286 g/mol. The van der Waals surface area contributed by atoms with Gasteiger partial charge in [-0.15, -0.1) is 11.8 Å². The lowest BCUT2D eigenvalue weighted by Crippen LogP contribution is -2.47. The minimum absolute atomic E-state index is 0.112. The van der Waals surface area contributed by atoms with Crippen LogP contribution in [0.25, 0.3) is 0 Å². The van der Waals surface area contributed by atoms with Crippen molar-refractivity contribution in [1.82, 2.24) is 15.5 Å². The van der Waals surface area contributed by atoms with Gasteiger partial charge in [-0.05, 0) is 38.8 Å². The number of hydrogen-bond acceptors (Lipinski definition) is 4. The minimum atomic E-state index is 0.112. The first kappa shape index (κ1) is 16.6. The number of thioether (sulfide) groups is 1. The number of carbonyl (C=O) groups is 2. The number of likely N-dealkylation sites (tertiary alicyclic amines) is 1. The van der Waals surface area contributed by atoms with E-state index < -0.39 is 0 Å². The van der Waals surface area contributed by atoms with Gasteiger partial charge in [0.05, 0.1) is 5.75 Å². The third-order valence-corrected chi connectivity index (χ3v) is 5.62. The predicted octanol–water partition coefficient (Wildman–Crippen LogP) is 0.989. The van der Waals surface area contributed by atoms with E-state index >= 15 is 0 Å². The Morgan fingerprint density at radius 1 is 1.19 bits per heavy atom. The van der Waals surface area contributed by atoms with Gasteiger partial charge >= 0.3 is 0 Å². The number of nitrogens with one attached hydrogen (secondary N) is 2. The van der Waals surface area contributed by atoms with E-state index in [2.05, 4.69) is 10.6 Å². The zero-order valence-electron chi connectivity index (χ0n) is 12.9. The van der Waals surface area contributed by atoms with Gasteiger partial charge in [0, 0.05) is 30.8 Å². The maximum absolute atomic E-state index is 12.2. The summed E-state index contributed by atoms with van der Waals surface area (Å²) in [6, 6.07) is 0.249. The third-order valence-electron chi connectivity index (χ3n) is 4.26. The molecule has 0 aromatic rings. The lowest BCUT2D eigenvalue weighted by Gasteiger charge is -2.33. The first-order valence-electron chi connectivity index (χ1n) is 8.08. The maximum Gasteiger partial charge on any atom is 0.232 e. The molecule has 2 fully saturated rings. The van der Waals surface area contributed by atoms with Gasteiger partial charge < -0.3 is 15.5 Å². The van der Waals surface area contributed by atoms with E-state index in [0.29, 0.717) is 17.4 Å². The number of amides is 2. The van der Waals surface area contributed by atoms with Gasteiger partial charge in [0.15, 0.2) is 0 Å². The van der Waals surface area contributed by atoms with Crippen LogP contribution in [-0.2, 0) is 9.59 Å². The predicted molar refractivity (Wildman–Crippen MR) is 86.4 cm³/mol. The molecule has 0 radical (unpaired) electrons. The van der Waals surface area contributed by atoms with Crippen molar-refractivity contribution in [3.63, 3.8) is 0 Å². The SMILES string of the molecule is CCC(=O)NC1CCN(C(=O)CSC2CCNCC2)CC1. The highest BCUT2D eigenvalue weighted by molar-refractivity contribution is 8.00. The number of hydrogen-bond donors (Lipinski definition) is 2. The Labute approximate surface area is 131 Å². The zero-order valence-corrected chi connectivity index (χ0v) is 13.7. The molecule has 2 rings (SSSR count). The summed E-state index contributed by atoms with van der Waals surface area (Å²) in [4.78, 5) is 25.6. The van der Waals surface area contributed by atoms with Crippen LogP contribution in [0.3, 0.4) is 0 Å². The molecule has 2 saturated heterocycles. The summed E-state index contributed by atoms with van der Waals surface area (Å²) in [5.74, 6) is 0.983. The molecule has 120 valence electrons. The lowest BCUT2D eigenvalue weighted by molar-refractivity contribution is -0.129. The fourth-order valence-corrected chi connectivity index (χ4v) is 3.98. The Bertz CT molecular complexity index is 351. The highest BCUT2D eigenvalue weighted by Crippen LogP contribution is 2.21. The summed E-state index contributed by atoms with van der Waals surface area (Å²) in [6.45, 7) is 5.58. The topological polar surface area (TPSA) is 61.4 Å². The van der Waals surface area contributed by atoms with Crippen LogP contribution in [0.4, 0.5) is 0 Å². The summed E-state index contributed by atoms with van der Waals surface area (Å²) in [7, 11) is 0. The molecule has 21 heavy (non-hydrogen) atoms. The first-order chi connectivity index (χ1) is 10.2. The molecule has 0 aromatic carbocycles. The Morgan fingerprint density at radius 3 is 2.48 bits per heavy atom. The zero-order chi connectivity index (χ0) is 15.1. The van der Waals surface area contributed by atoms with Crippen molar-refractivity contribution in [1.29, 1.82) is 0 Å². The Morgan fingerprint density at radius 2 is 1.86 bits per heavy atom. The fourth-order valence-electron chi connectivity index (χ4n) is 2.85. The molecular formula is C15H27N3O2S. The minimum Gasteiger partial charge on any atom is -0.353 e. The summed E-state index contributed by atoms with van der Waals surface area (Å²) in [6.07, 6.45) is 4.64. The van der Waals surface area contributed by atoms with E-state index in [0.717, 1.165) is 39.0 Å². The molecule has 2 heterocycles. The van der Waals surface area contributed by atoms with Gasteiger partial charge in [-0.25, -0.2) is 0 Å². The monoisotopic (exact) mass is 313 g/mol. The second kappa shape index (κ2) is 8.63. The second-order valence-electron chi connectivity index (χ2n) is 5.84. The normalized spacial score (nSPS) is 21.3. The van der Waals surface area contributed by atoms with Gasteiger partial charge in [0.25, 0.3) is 0 Å². The van der Waals surface area contributed by atoms with E-state index in [9.17, 15) is 9.59 Å². The molecule has 2 N–H and O–H groups in total. The highest BCUT2D eigenvalue weighted by Gasteiger charge is 2.24. The van der Waals surface area contributed by atoms with Crippen LogP contribution < -0.4 is 10.6 Å². The molecule has 2 amide bonds. The van der Waals surface area contributed by atoms with Gasteiger partial charge in [-0.3, -0.25) is 9.59 Å². The number of rotatable bonds is 5. The van der Waals surface area contributed by atoms with E-state index in [1.165, 1.54) is 12.8 Å². The van der Waals surface area contributed by atoms with E-state index in [1.807, 2.05) is 23.6 Å². The largest absolute Gasteiger partial charge is 0.353 e.